The van der Waals surface area contributed by atoms with E-state index in [1.54, 1.807) is 0 Å². The molecule has 1 aromatic carbocycles. The lowest BCUT2D eigenvalue weighted by Gasteiger charge is -2.33. The van der Waals surface area contributed by atoms with E-state index in [2.05, 4.69) is 12.2 Å². The van der Waals surface area contributed by atoms with Crippen LogP contribution in [-0.4, -0.2) is 23.9 Å². The van der Waals surface area contributed by atoms with Gasteiger partial charge in [-0.05, 0) is 25.3 Å². The third-order valence-electron chi connectivity index (χ3n) is 2.89. The molecule has 0 radical (unpaired) electrons. The van der Waals surface area contributed by atoms with Crippen molar-refractivity contribution >= 4 is 11.4 Å². The summed E-state index contributed by atoms with van der Waals surface area (Å²) in [5.74, 6) is 0.800. The minimum atomic E-state index is -0.149. The number of nitrogens with two attached hydrogens (primary N) is 1. The van der Waals surface area contributed by atoms with E-state index in [9.17, 15) is 5.11 Å². The van der Waals surface area contributed by atoms with Crippen LogP contribution in [0.3, 0.4) is 0 Å². The molecule has 1 aromatic rings. The summed E-state index contributed by atoms with van der Waals surface area (Å²) in [5, 5.41) is 12.6. The van der Waals surface area contributed by atoms with Crippen molar-refractivity contribution in [2.45, 2.75) is 38.3 Å². The molecule has 17 heavy (non-hydrogen) atoms. The normalized spacial score (nSPS) is 22.9. The number of hydrogen-bond donors (Lipinski definition) is 3. The lowest BCUT2D eigenvalue weighted by Crippen LogP contribution is -2.38. The first kappa shape index (κ1) is 12.0. The summed E-state index contributed by atoms with van der Waals surface area (Å²) in [5.41, 5.74) is 7.49. The molecule has 1 aliphatic carbocycles. The summed E-state index contributed by atoms with van der Waals surface area (Å²) < 4.78 is 5.56. The minimum Gasteiger partial charge on any atom is -0.493 e. The fraction of sp³-hybridized carbons (Fsp3) is 0.538. The summed E-state index contributed by atoms with van der Waals surface area (Å²) in [6.07, 6.45) is 2.44. The molecule has 0 unspecified atom stereocenters. The van der Waals surface area contributed by atoms with Crippen LogP contribution in [0.25, 0.3) is 0 Å². The van der Waals surface area contributed by atoms with Gasteiger partial charge in [0.2, 0.25) is 0 Å². The Kier molecular flexibility index (Phi) is 3.74. The summed E-state index contributed by atoms with van der Waals surface area (Å²) in [6.45, 7) is 2.77. The van der Waals surface area contributed by atoms with E-state index in [1.807, 2.05) is 18.2 Å². The average molecular weight is 236 g/mol. The molecule has 1 saturated carbocycles. The summed E-state index contributed by atoms with van der Waals surface area (Å²) >= 11 is 0. The van der Waals surface area contributed by atoms with Gasteiger partial charge in [0.1, 0.15) is 5.75 Å². The Morgan fingerprint density at radius 1 is 1.41 bits per heavy atom. The predicted molar refractivity (Wildman–Crippen MR) is 69.3 cm³/mol. The van der Waals surface area contributed by atoms with Gasteiger partial charge in [-0.3, -0.25) is 0 Å². The van der Waals surface area contributed by atoms with Crippen LogP contribution in [-0.2, 0) is 0 Å². The zero-order valence-corrected chi connectivity index (χ0v) is 10.1. The first-order valence-corrected chi connectivity index (χ1v) is 6.15. The molecule has 0 atom stereocenters. The summed E-state index contributed by atoms with van der Waals surface area (Å²) in [7, 11) is 0. The van der Waals surface area contributed by atoms with Gasteiger partial charge in [0, 0.05) is 29.5 Å². The van der Waals surface area contributed by atoms with Gasteiger partial charge in [-0.2, -0.15) is 0 Å². The maximum absolute atomic E-state index is 9.23. The van der Waals surface area contributed by atoms with Crippen molar-refractivity contribution in [1.82, 2.24) is 0 Å². The molecule has 1 aliphatic rings. The average Bonchev–Trinajstić information content (AvgIpc) is 2.23. The third-order valence-corrected chi connectivity index (χ3v) is 2.89. The number of nitrogen functional groups attached to an aromatic ring is 1. The fourth-order valence-electron chi connectivity index (χ4n) is 1.95. The Morgan fingerprint density at radius 3 is 2.82 bits per heavy atom. The standard InChI is InChI=1S/C13H20N2O2/c1-2-3-17-13-5-9(14)4-10(8-13)15-11-6-12(16)7-11/h4-5,8,11-12,15-16H,2-3,6-7,14H2,1H3. The van der Waals surface area contributed by atoms with Crippen LogP contribution in [0, 0.1) is 0 Å². The Hall–Kier alpha value is -1.42. The second-order valence-electron chi connectivity index (χ2n) is 4.61. The van der Waals surface area contributed by atoms with Crippen molar-refractivity contribution in [2.24, 2.45) is 0 Å². The molecule has 0 saturated heterocycles. The van der Waals surface area contributed by atoms with Crippen LogP contribution in [0.15, 0.2) is 18.2 Å². The highest BCUT2D eigenvalue weighted by Gasteiger charge is 2.26. The molecule has 1 fully saturated rings. The van der Waals surface area contributed by atoms with Crippen LogP contribution >= 0.6 is 0 Å². The van der Waals surface area contributed by atoms with E-state index >= 15 is 0 Å². The number of anilines is 2. The van der Waals surface area contributed by atoms with Crippen LogP contribution in [0.2, 0.25) is 0 Å². The molecular formula is C13H20N2O2. The quantitative estimate of drug-likeness (QED) is 0.684. The van der Waals surface area contributed by atoms with Gasteiger partial charge in [0.15, 0.2) is 0 Å². The molecular weight excluding hydrogens is 216 g/mol. The van der Waals surface area contributed by atoms with Gasteiger partial charge in [-0.1, -0.05) is 6.92 Å². The summed E-state index contributed by atoms with van der Waals surface area (Å²) in [4.78, 5) is 0. The number of aliphatic hydroxyl groups is 1. The minimum absolute atomic E-state index is 0.149. The highest BCUT2D eigenvalue weighted by Crippen LogP contribution is 2.28. The van der Waals surface area contributed by atoms with Crippen molar-refractivity contribution in [3.8, 4) is 5.75 Å². The van der Waals surface area contributed by atoms with Crippen molar-refractivity contribution in [2.75, 3.05) is 17.7 Å². The van der Waals surface area contributed by atoms with Crippen LogP contribution in [0.4, 0.5) is 11.4 Å². The van der Waals surface area contributed by atoms with Crippen LogP contribution in [0.5, 0.6) is 5.75 Å². The molecule has 94 valence electrons. The SMILES string of the molecule is CCCOc1cc(N)cc(NC2CC(O)C2)c1. The molecule has 0 heterocycles. The molecule has 0 aromatic heterocycles. The van der Waals surface area contributed by atoms with Gasteiger partial charge in [0.05, 0.1) is 12.7 Å². The largest absolute Gasteiger partial charge is 0.493 e. The summed E-state index contributed by atoms with van der Waals surface area (Å²) in [6, 6.07) is 6.03. The lowest BCUT2D eigenvalue weighted by atomic mass is 9.89. The van der Waals surface area contributed by atoms with Gasteiger partial charge in [0.25, 0.3) is 0 Å². The van der Waals surface area contributed by atoms with Crippen molar-refractivity contribution in [3.63, 3.8) is 0 Å². The lowest BCUT2D eigenvalue weighted by molar-refractivity contribution is 0.0836. The van der Waals surface area contributed by atoms with E-state index in [0.29, 0.717) is 18.3 Å². The first-order chi connectivity index (χ1) is 8.17. The fourth-order valence-corrected chi connectivity index (χ4v) is 1.95. The number of benzene rings is 1. The third kappa shape index (κ3) is 3.27. The first-order valence-electron chi connectivity index (χ1n) is 6.15. The second-order valence-corrected chi connectivity index (χ2v) is 4.61. The Morgan fingerprint density at radius 2 is 2.18 bits per heavy atom. The second kappa shape index (κ2) is 5.27. The van der Waals surface area contributed by atoms with Crippen LogP contribution < -0.4 is 15.8 Å². The maximum Gasteiger partial charge on any atom is 0.123 e. The highest BCUT2D eigenvalue weighted by atomic mass is 16.5. The number of rotatable bonds is 5. The molecule has 0 spiro atoms. The Labute approximate surface area is 102 Å². The molecule has 4 heteroatoms. The molecule has 4 nitrogen and oxygen atoms in total. The van der Waals surface area contributed by atoms with E-state index in [0.717, 1.165) is 30.7 Å². The van der Waals surface area contributed by atoms with E-state index in [1.165, 1.54) is 0 Å². The molecule has 0 bridgehead atoms. The van der Waals surface area contributed by atoms with Crippen LogP contribution in [0.1, 0.15) is 26.2 Å². The predicted octanol–water partition coefficient (Wildman–Crippen LogP) is 1.99. The Balaban J connectivity index is 1.98. The highest BCUT2D eigenvalue weighted by molar-refractivity contribution is 5.59. The van der Waals surface area contributed by atoms with Crippen molar-refractivity contribution < 1.29 is 9.84 Å². The Bertz CT molecular complexity index is 376. The topological polar surface area (TPSA) is 67.5 Å². The smallest absolute Gasteiger partial charge is 0.123 e. The van der Waals surface area contributed by atoms with E-state index < -0.39 is 0 Å². The van der Waals surface area contributed by atoms with E-state index in [4.69, 9.17) is 10.5 Å². The zero-order valence-electron chi connectivity index (χ0n) is 10.1. The molecule has 0 amide bonds. The monoisotopic (exact) mass is 236 g/mol. The van der Waals surface area contributed by atoms with Gasteiger partial charge in [-0.15, -0.1) is 0 Å². The van der Waals surface area contributed by atoms with Crippen molar-refractivity contribution in [1.29, 1.82) is 0 Å². The van der Waals surface area contributed by atoms with E-state index in [-0.39, 0.29) is 6.10 Å². The number of nitrogens with one attached hydrogen (secondary N) is 1. The number of aliphatic hydroxyl groups excluding tert-OH is 1. The molecule has 2 rings (SSSR count). The zero-order chi connectivity index (χ0) is 12.3. The van der Waals surface area contributed by atoms with Crippen molar-refractivity contribution in [3.05, 3.63) is 18.2 Å². The van der Waals surface area contributed by atoms with Gasteiger partial charge >= 0.3 is 0 Å². The number of ether oxygens (including phenoxy) is 1. The number of hydrogen-bond acceptors (Lipinski definition) is 4. The maximum atomic E-state index is 9.23. The molecule has 4 N–H and O–H groups in total. The van der Waals surface area contributed by atoms with Gasteiger partial charge < -0.3 is 20.9 Å². The van der Waals surface area contributed by atoms with Gasteiger partial charge in [-0.25, -0.2) is 0 Å². The molecule has 0 aliphatic heterocycles.